The first-order valence-corrected chi connectivity index (χ1v) is 6.86. The average Bonchev–Trinajstić information content (AvgIpc) is 2.30. The Hall–Kier alpha value is -1.02. The fourth-order valence-corrected chi connectivity index (χ4v) is 2.54. The third-order valence-electron chi connectivity index (χ3n) is 3.64. The Bertz CT molecular complexity index is 312. The van der Waals surface area contributed by atoms with Crippen LogP contribution in [0.3, 0.4) is 0 Å². The third kappa shape index (κ3) is 4.39. The van der Waals surface area contributed by atoms with Crippen molar-refractivity contribution in [1.29, 1.82) is 0 Å². The van der Waals surface area contributed by atoms with Crippen LogP contribution in [-0.2, 0) is 6.54 Å². The van der Waals surface area contributed by atoms with Gasteiger partial charge in [0, 0.05) is 12.6 Å². The van der Waals surface area contributed by atoms with Crippen LogP contribution in [0.2, 0.25) is 0 Å². The van der Waals surface area contributed by atoms with Gasteiger partial charge >= 0.3 is 0 Å². The number of aromatic hydroxyl groups is 1. The second-order valence-electron chi connectivity index (χ2n) is 5.09. The predicted octanol–water partition coefficient (Wildman–Crippen LogP) is 3.59. The van der Waals surface area contributed by atoms with Gasteiger partial charge in [-0.1, -0.05) is 44.2 Å². The first-order chi connectivity index (χ1) is 8.34. The van der Waals surface area contributed by atoms with Crippen LogP contribution in [-0.4, -0.2) is 11.1 Å². The summed E-state index contributed by atoms with van der Waals surface area (Å²) in [5, 5.41) is 12.9. The van der Waals surface area contributed by atoms with E-state index >= 15 is 0 Å². The second-order valence-corrected chi connectivity index (χ2v) is 5.09. The molecule has 1 aliphatic rings. The molecule has 0 unspecified atom stereocenters. The van der Waals surface area contributed by atoms with Crippen molar-refractivity contribution < 1.29 is 5.11 Å². The topological polar surface area (TPSA) is 32.3 Å². The lowest BCUT2D eigenvalue weighted by Crippen LogP contribution is -2.29. The Kier molecular flexibility index (Phi) is 4.87. The van der Waals surface area contributed by atoms with Gasteiger partial charge in [0.05, 0.1) is 0 Å². The molecule has 1 aromatic rings. The molecule has 17 heavy (non-hydrogen) atoms. The molecule has 1 aromatic carbocycles. The van der Waals surface area contributed by atoms with E-state index in [1.807, 2.05) is 12.1 Å². The molecule has 2 rings (SSSR count). The van der Waals surface area contributed by atoms with E-state index in [0.717, 1.165) is 6.54 Å². The molecule has 0 spiro atoms. The van der Waals surface area contributed by atoms with Crippen molar-refractivity contribution in [2.24, 2.45) is 0 Å². The summed E-state index contributed by atoms with van der Waals surface area (Å²) in [6.07, 6.45) is 9.59. The van der Waals surface area contributed by atoms with Gasteiger partial charge in [-0.3, -0.25) is 0 Å². The predicted molar refractivity (Wildman–Crippen MR) is 71.1 cm³/mol. The minimum absolute atomic E-state index is 0.347. The lowest BCUT2D eigenvalue weighted by molar-refractivity contribution is 0.389. The first-order valence-electron chi connectivity index (χ1n) is 6.86. The molecule has 0 aliphatic heterocycles. The molecule has 1 aliphatic carbocycles. The first kappa shape index (κ1) is 12.4. The highest BCUT2D eigenvalue weighted by Gasteiger charge is 2.10. The van der Waals surface area contributed by atoms with E-state index in [2.05, 4.69) is 5.32 Å². The molecule has 0 heterocycles. The summed E-state index contributed by atoms with van der Waals surface area (Å²) in [4.78, 5) is 0. The molecular weight excluding hydrogens is 210 g/mol. The summed E-state index contributed by atoms with van der Waals surface area (Å²) in [6, 6.07) is 8.19. The lowest BCUT2D eigenvalue weighted by Gasteiger charge is -2.21. The van der Waals surface area contributed by atoms with Crippen molar-refractivity contribution >= 4 is 0 Å². The van der Waals surface area contributed by atoms with Crippen molar-refractivity contribution in [2.45, 2.75) is 57.5 Å². The van der Waals surface area contributed by atoms with Crippen molar-refractivity contribution in [1.82, 2.24) is 5.32 Å². The Morgan fingerprint density at radius 3 is 2.18 bits per heavy atom. The minimum Gasteiger partial charge on any atom is -0.508 e. The van der Waals surface area contributed by atoms with Crippen LogP contribution in [0.1, 0.15) is 50.5 Å². The number of hydrogen-bond donors (Lipinski definition) is 2. The van der Waals surface area contributed by atoms with Crippen LogP contribution in [0.15, 0.2) is 24.3 Å². The van der Waals surface area contributed by atoms with E-state index in [1.165, 1.54) is 50.5 Å². The van der Waals surface area contributed by atoms with Crippen LogP contribution >= 0.6 is 0 Å². The Morgan fingerprint density at radius 2 is 1.53 bits per heavy atom. The van der Waals surface area contributed by atoms with Gasteiger partial charge in [0.2, 0.25) is 0 Å². The van der Waals surface area contributed by atoms with E-state index in [4.69, 9.17) is 0 Å². The van der Waals surface area contributed by atoms with Gasteiger partial charge in [-0.05, 0) is 30.5 Å². The molecule has 0 bridgehead atoms. The zero-order valence-electron chi connectivity index (χ0n) is 10.5. The average molecular weight is 233 g/mol. The number of phenols is 1. The number of phenolic OH excluding ortho intramolecular Hbond substituents is 1. The summed E-state index contributed by atoms with van der Waals surface area (Å²) in [5.74, 6) is 0.347. The molecule has 0 aromatic heterocycles. The van der Waals surface area contributed by atoms with E-state index in [9.17, 15) is 5.11 Å². The number of nitrogens with one attached hydrogen (secondary N) is 1. The van der Waals surface area contributed by atoms with E-state index in [1.54, 1.807) is 12.1 Å². The van der Waals surface area contributed by atoms with Gasteiger partial charge in [0.15, 0.2) is 0 Å². The smallest absolute Gasteiger partial charge is 0.115 e. The Balaban J connectivity index is 1.77. The van der Waals surface area contributed by atoms with Gasteiger partial charge < -0.3 is 10.4 Å². The van der Waals surface area contributed by atoms with Gasteiger partial charge in [-0.25, -0.2) is 0 Å². The molecule has 94 valence electrons. The maximum atomic E-state index is 9.22. The molecule has 1 fully saturated rings. The highest BCUT2D eigenvalue weighted by Crippen LogP contribution is 2.17. The van der Waals surface area contributed by atoms with E-state index in [0.29, 0.717) is 11.8 Å². The summed E-state index contributed by atoms with van der Waals surface area (Å²) in [6.45, 7) is 0.922. The monoisotopic (exact) mass is 233 g/mol. The van der Waals surface area contributed by atoms with Crippen LogP contribution < -0.4 is 5.32 Å². The van der Waals surface area contributed by atoms with Crippen molar-refractivity contribution in [3.8, 4) is 5.75 Å². The maximum absolute atomic E-state index is 9.22. The summed E-state index contributed by atoms with van der Waals surface area (Å²) in [5.41, 5.74) is 1.25. The van der Waals surface area contributed by atoms with E-state index in [-0.39, 0.29) is 0 Å². The highest BCUT2D eigenvalue weighted by molar-refractivity contribution is 5.25. The number of hydrogen-bond acceptors (Lipinski definition) is 2. The molecule has 2 heteroatoms. The van der Waals surface area contributed by atoms with Gasteiger partial charge in [0.1, 0.15) is 5.75 Å². The molecule has 0 saturated heterocycles. The third-order valence-corrected chi connectivity index (χ3v) is 3.64. The highest BCUT2D eigenvalue weighted by atomic mass is 16.3. The summed E-state index contributed by atoms with van der Waals surface area (Å²) < 4.78 is 0. The summed E-state index contributed by atoms with van der Waals surface area (Å²) >= 11 is 0. The quantitative estimate of drug-likeness (QED) is 0.836. The number of benzene rings is 1. The summed E-state index contributed by atoms with van der Waals surface area (Å²) in [7, 11) is 0. The Morgan fingerprint density at radius 1 is 0.941 bits per heavy atom. The fraction of sp³-hybridized carbons (Fsp3) is 0.600. The largest absolute Gasteiger partial charge is 0.508 e. The van der Waals surface area contributed by atoms with Crippen molar-refractivity contribution in [2.75, 3.05) is 0 Å². The zero-order chi connectivity index (χ0) is 11.9. The second kappa shape index (κ2) is 6.65. The van der Waals surface area contributed by atoms with Crippen molar-refractivity contribution in [3.63, 3.8) is 0 Å². The maximum Gasteiger partial charge on any atom is 0.115 e. The lowest BCUT2D eigenvalue weighted by atomic mass is 9.96. The standard InChI is InChI=1S/C15H23NO/c17-15-10-8-13(9-11-15)12-16-14-6-4-2-1-3-5-7-14/h8-11,14,16-17H,1-7,12H2. The van der Waals surface area contributed by atoms with Gasteiger partial charge in [0.25, 0.3) is 0 Å². The Labute approximate surface area is 104 Å². The number of rotatable bonds is 3. The van der Waals surface area contributed by atoms with Crippen LogP contribution in [0.25, 0.3) is 0 Å². The minimum atomic E-state index is 0.347. The van der Waals surface area contributed by atoms with Crippen molar-refractivity contribution in [3.05, 3.63) is 29.8 Å². The SMILES string of the molecule is Oc1ccc(CNC2CCCCCCC2)cc1. The normalized spacial score (nSPS) is 18.6. The molecule has 0 radical (unpaired) electrons. The molecule has 0 amide bonds. The van der Waals surface area contributed by atoms with E-state index < -0.39 is 0 Å². The van der Waals surface area contributed by atoms with Crippen LogP contribution in [0, 0.1) is 0 Å². The molecule has 1 saturated carbocycles. The van der Waals surface area contributed by atoms with Gasteiger partial charge in [-0.15, -0.1) is 0 Å². The van der Waals surface area contributed by atoms with Gasteiger partial charge in [-0.2, -0.15) is 0 Å². The zero-order valence-corrected chi connectivity index (χ0v) is 10.5. The molecule has 2 nitrogen and oxygen atoms in total. The van der Waals surface area contributed by atoms with Crippen LogP contribution in [0.4, 0.5) is 0 Å². The molecular formula is C15H23NO. The van der Waals surface area contributed by atoms with Crippen LogP contribution in [0.5, 0.6) is 5.75 Å². The molecule has 0 atom stereocenters. The fourth-order valence-electron chi connectivity index (χ4n) is 2.54. The molecule has 2 N–H and O–H groups in total.